The number of hydrogen-bond acceptors (Lipinski definition) is 5. The molecule has 142 valence electrons. The summed E-state index contributed by atoms with van der Waals surface area (Å²) in [6, 6.07) is 16.2. The number of para-hydroxylation sites is 1. The van der Waals surface area contributed by atoms with Crippen LogP contribution in [0, 0.1) is 0 Å². The molecule has 1 amide bonds. The van der Waals surface area contributed by atoms with Crippen molar-refractivity contribution in [1.82, 2.24) is 10.4 Å². The minimum Gasteiger partial charge on any atom is -0.493 e. The second-order valence-electron chi connectivity index (χ2n) is 5.73. The number of rotatable bonds is 7. The van der Waals surface area contributed by atoms with Crippen LogP contribution in [-0.4, -0.2) is 24.2 Å². The second-order valence-corrected chi connectivity index (χ2v) is 6.17. The maximum absolute atomic E-state index is 12.0. The molecule has 1 aromatic heterocycles. The molecule has 0 spiro atoms. The van der Waals surface area contributed by atoms with E-state index < -0.39 is 0 Å². The Morgan fingerprint density at radius 3 is 2.71 bits per heavy atom. The molecular weight excluding hydrogens is 378 g/mol. The Kier molecular flexibility index (Phi) is 6.59. The average molecular weight is 396 g/mol. The molecule has 0 saturated heterocycles. The number of nitrogens with zero attached hydrogens (tertiary/aromatic N) is 2. The van der Waals surface area contributed by atoms with Gasteiger partial charge in [0.25, 0.3) is 5.91 Å². The van der Waals surface area contributed by atoms with Gasteiger partial charge in [-0.15, -0.1) is 0 Å². The van der Waals surface area contributed by atoms with E-state index in [9.17, 15) is 4.79 Å². The van der Waals surface area contributed by atoms with E-state index in [2.05, 4.69) is 15.5 Å². The van der Waals surface area contributed by atoms with Gasteiger partial charge in [0.1, 0.15) is 6.61 Å². The van der Waals surface area contributed by atoms with Gasteiger partial charge in [-0.1, -0.05) is 29.8 Å². The molecule has 0 atom stereocenters. The topological polar surface area (TPSA) is 72.8 Å². The van der Waals surface area contributed by atoms with Crippen LogP contribution in [0.2, 0.25) is 5.02 Å². The molecule has 6 nitrogen and oxygen atoms in total. The minimum absolute atomic E-state index is 0.334. The number of methoxy groups -OCH3 is 1. The summed E-state index contributed by atoms with van der Waals surface area (Å²) in [5, 5.41) is 4.68. The lowest BCUT2D eigenvalue weighted by Gasteiger charge is -2.13. The van der Waals surface area contributed by atoms with E-state index in [1.165, 1.54) is 12.4 Å². The number of carbonyl (C=O) groups excluding carboxylic acids is 1. The SMILES string of the molecule is COc1cccc(/C=N/NC(=O)c2cccnc2)c1OCc1ccc(Cl)cc1. The van der Waals surface area contributed by atoms with Crippen LogP contribution in [0.25, 0.3) is 0 Å². The number of hydrogen-bond donors (Lipinski definition) is 1. The molecule has 0 fully saturated rings. The summed E-state index contributed by atoms with van der Waals surface area (Å²) in [5.41, 5.74) is 4.52. The van der Waals surface area contributed by atoms with Crippen molar-refractivity contribution >= 4 is 23.7 Å². The standard InChI is InChI=1S/C21H18ClN3O3/c1-27-19-6-2-4-16(13-24-25-21(26)17-5-3-11-23-12-17)20(19)28-14-15-7-9-18(22)10-8-15/h2-13H,14H2,1H3,(H,25,26)/b24-13+. The smallest absolute Gasteiger partial charge is 0.272 e. The highest BCUT2D eigenvalue weighted by molar-refractivity contribution is 6.30. The molecule has 1 heterocycles. The first kappa shape index (κ1) is 19.4. The highest BCUT2D eigenvalue weighted by Gasteiger charge is 2.10. The van der Waals surface area contributed by atoms with Crippen LogP contribution in [0.3, 0.4) is 0 Å². The first-order valence-corrected chi connectivity index (χ1v) is 8.83. The van der Waals surface area contributed by atoms with Crippen LogP contribution in [0.1, 0.15) is 21.5 Å². The zero-order chi connectivity index (χ0) is 19.8. The third-order valence-electron chi connectivity index (χ3n) is 3.82. The first-order valence-electron chi connectivity index (χ1n) is 8.45. The largest absolute Gasteiger partial charge is 0.493 e. The monoisotopic (exact) mass is 395 g/mol. The third-order valence-corrected chi connectivity index (χ3v) is 4.07. The highest BCUT2D eigenvalue weighted by atomic mass is 35.5. The number of halogens is 1. The van der Waals surface area contributed by atoms with Crippen LogP contribution >= 0.6 is 11.6 Å². The van der Waals surface area contributed by atoms with Gasteiger partial charge in [-0.2, -0.15) is 5.10 Å². The van der Waals surface area contributed by atoms with Crippen LogP contribution in [0.4, 0.5) is 0 Å². The molecule has 0 bridgehead atoms. The second kappa shape index (κ2) is 9.53. The van der Waals surface area contributed by atoms with Gasteiger partial charge in [0.15, 0.2) is 11.5 Å². The molecule has 0 radical (unpaired) electrons. The van der Waals surface area contributed by atoms with Crippen molar-refractivity contribution in [2.24, 2.45) is 5.10 Å². The van der Waals surface area contributed by atoms with Gasteiger partial charge in [-0.3, -0.25) is 9.78 Å². The van der Waals surface area contributed by atoms with Crippen LogP contribution in [0.5, 0.6) is 11.5 Å². The van der Waals surface area contributed by atoms with Gasteiger partial charge in [-0.05, 0) is 42.0 Å². The number of amides is 1. The summed E-state index contributed by atoms with van der Waals surface area (Å²) in [5.74, 6) is 0.742. The summed E-state index contributed by atoms with van der Waals surface area (Å²) in [7, 11) is 1.57. The lowest BCUT2D eigenvalue weighted by atomic mass is 10.2. The summed E-state index contributed by atoms with van der Waals surface area (Å²) >= 11 is 5.91. The number of benzene rings is 2. The number of ether oxygens (including phenoxy) is 2. The molecule has 3 rings (SSSR count). The maximum Gasteiger partial charge on any atom is 0.272 e. The third kappa shape index (κ3) is 5.08. The molecular formula is C21H18ClN3O3. The molecule has 3 aromatic rings. The molecule has 0 aliphatic heterocycles. The quantitative estimate of drug-likeness (QED) is 0.483. The van der Waals surface area contributed by atoms with E-state index in [0.29, 0.717) is 34.3 Å². The Labute approximate surface area is 167 Å². The van der Waals surface area contributed by atoms with E-state index in [1.807, 2.05) is 24.3 Å². The first-order chi connectivity index (χ1) is 13.7. The van der Waals surface area contributed by atoms with Gasteiger partial charge in [-0.25, -0.2) is 5.43 Å². The summed E-state index contributed by atoms with van der Waals surface area (Å²) in [4.78, 5) is 16.0. The molecule has 2 aromatic carbocycles. The van der Waals surface area contributed by atoms with Crippen LogP contribution in [-0.2, 0) is 6.61 Å². The molecule has 0 aliphatic carbocycles. The number of aromatic nitrogens is 1. The lowest BCUT2D eigenvalue weighted by Crippen LogP contribution is -2.17. The van der Waals surface area contributed by atoms with Crippen molar-refractivity contribution in [3.8, 4) is 11.5 Å². The maximum atomic E-state index is 12.0. The van der Waals surface area contributed by atoms with Gasteiger partial charge in [0, 0.05) is 23.0 Å². The van der Waals surface area contributed by atoms with Crippen molar-refractivity contribution in [3.05, 3.63) is 88.7 Å². The van der Waals surface area contributed by atoms with E-state index in [4.69, 9.17) is 21.1 Å². The zero-order valence-electron chi connectivity index (χ0n) is 15.1. The molecule has 7 heteroatoms. The molecule has 0 saturated carbocycles. The van der Waals surface area contributed by atoms with E-state index >= 15 is 0 Å². The summed E-state index contributed by atoms with van der Waals surface area (Å²) in [6.45, 7) is 0.334. The van der Waals surface area contributed by atoms with Gasteiger partial charge < -0.3 is 9.47 Å². The van der Waals surface area contributed by atoms with E-state index in [1.54, 1.807) is 43.6 Å². The van der Waals surface area contributed by atoms with Crippen molar-refractivity contribution in [2.75, 3.05) is 7.11 Å². The Balaban J connectivity index is 1.73. The Hall–Kier alpha value is -3.38. The number of nitrogens with one attached hydrogen (secondary N) is 1. The highest BCUT2D eigenvalue weighted by Crippen LogP contribution is 2.31. The molecule has 0 unspecified atom stereocenters. The average Bonchev–Trinajstić information content (AvgIpc) is 2.74. The number of hydrazone groups is 1. The Morgan fingerprint density at radius 1 is 1.18 bits per heavy atom. The zero-order valence-corrected chi connectivity index (χ0v) is 15.9. The van der Waals surface area contributed by atoms with Crippen molar-refractivity contribution in [1.29, 1.82) is 0 Å². The Morgan fingerprint density at radius 2 is 2.00 bits per heavy atom. The van der Waals surface area contributed by atoms with Gasteiger partial charge >= 0.3 is 0 Å². The predicted octanol–water partition coefficient (Wildman–Crippen LogP) is 4.09. The van der Waals surface area contributed by atoms with Crippen molar-refractivity contribution < 1.29 is 14.3 Å². The molecule has 28 heavy (non-hydrogen) atoms. The fraction of sp³-hybridized carbons (Fsp3) is 0.0952. The molecule has 1 N–H and O–H groups in total. The van der Waals surface area contributed by atoms with Gasteiger partial charge in [0.05, 0.1) is 18.9 Å². The van der Waals surface area contributed by atoms with Gasteiger partial charge in [0.2, 0.25) is 0 Å². The van der Waals surface area contributed by atoms with E-state index in [0.717, 1.165) is 5.56 Å². The predicted molar refractivity (Wildman–Crippen MR) is 108 cm³/mol. The van der Waals surface area contributed by atoms with Crippen LogP contribution < -0.4 is 14.9 Å². The number of carbonyl (C=O) groups is 1. The fourth-order valence-electron chi connectivity index (χ4n) is 2.41. The molecule has 0 aliphatic rings. The Bertz CT molecular complexity index is 960. The van der Waals surface area contributed by atoms with Crippen molar-refractivity contribution in [3.63, 3.8) is 0 Å². The summed E-state index contributed by atoms with van der Waals surface area (Å²) < 4.78 is 11.3. The van der Waals surface area contributed by atoms with Crippen LogP contribution in [0.15, 0.2) is 72.1 Å². The fourth-order valence-corrected chi connectivity index (χ4v) is 2.53. The van der Waals surface area contributed by atoms with E-state index in [-0.39, 0.29) is 5.91 Å². The summed E-state index contributed by atoms with van der Waals surface area (Å²) in [6.07, 6.45) is 4.58. The lowest BCUT2D eigenvalue weighted by molar-refractivity contribution is 0.0954. The normalized spacial score (nSPS) is 10.6. The van der Waals surface area contributed by atoms with Crippen molar-refractivity contribution in [2.45, 2.75) is 6.61 Å². The number of pyridine rings is 1. The minimum atomic E-state index is -0.351.